The van der Waals surface area contributed by atoms with Gasteiger partial charge in [-0.05, 0) is 30.7 Å². The molecule has 2 rings (SSSR count). The monoisotopic (exact) mass is 264 g/mol. The van der Waals surface area contributed by atoms with Gasteiger partial charge < -0.3 is 10.1 Å². The molecule has 0 saturated carbocycles. The molecular weight excluding hydrogens is 248 g/mol. The highest BCUT2D eigenvalue weighted by molar-refractivity contribution is 6.35. The molecule has 18 heavy (non-hydrogen) atoms. The largest absolute Gasteiger partial charge is 0.381 e. The zero-order valence-corrected chi connectivity index (χ0v) is 11.2. The Morgan fingerprint density at radius 3 is 3.00 bits per heavy atom. The normalized spacial score (nSPS) is 10.8. The smallest absolute Gasteiger partial charge is 0.0948 e. The minimum atomic E-state index is 0.699. The van der Waals surface area contributed by atoms with E-state index in [9.17, 15) is 0 Å². The van der Waals surface area contributed by atoms with Crippen molar-refractivity contribution in [2.24, 2.45) is 0 Å². The molecule has 0 amide bonds. The van der Waals surface area contributed by atoms with Crippen molar-refractivity contribution in [1.29, 1.82) is 0 Å². The number of halogens is 1. The number of anilines is 1. The standard InChI is InChI=1S/C14H17ClN2O/c1-2-9-18-10-8-16-13-6-5-12(15)11-4-3-7-17-14(11)13/h3-7,16H,2,8-10H2,1H3. The lowest BCUT2D eigenvalue weighted by Gasteiger charge is -2.10. The van der Waals surface area contributed by atoms with Crippen LogP contribution in [0.2, 0.25) is 5.02 Å². The fraction of sp³-hybridized carbons (Fsp3) is 0.357. The van der Waals surface area contributed by atoms with E-state index in [1.807, 2.05) is 24.3 Å². The van der Waals surface area contributed by atoms with E-state index in [4.69, 9.17) is 16.3 Å². The highest BCUT2D eigenvalue weighted by Crippen LogP contribution is 2.27. The van der Waals surface area contributed by atoms with Crippen molar-refractivity contribution in [3.8, 4) is 0 Å². The fourth-order valence-electron chi connectivity index (χ4n) is 1.78. The second-order valence-electron chi connectivity index (χ2n) is 4.03. The van der Waals surface area contributed by atoms with Crippen molar-refractivity contribution < 1.29 is 4.74 Å². The maximum absolute atomic E-state index is 6.14. The highest BCUT2D eigenvalue weighted by atomic mass is 35.5. The van der Waals surface area contributed by atoms with Crippen molar-refractivity contribution in [3.05, 3.63) is 35.5 Å². The van der Waals surface area contributed by atoms with E-state index < -0.39 is 0 Å². The summed E-state index contributed by atoms with van der Waals surface area (Å²) in [6.07, 6.45) is 2.82. The van der Waals surface area contributed by atoms with Crippen LogP contribution < -0.4 is 5.32 Å². The molecule has 0 saturated heterocycles. The van der Waals surface area contributed by atoms with Gasteiger partial charge >= 0.3 is 0 Å². The maximum Gasteiger partial charge on any atom is 0.0948 e. The van der Waals surface area contributed by atoms with Gasteiger partial charge in [-0.2, -0.15) is 0 Å². The first-order valence-electron chi connectivity index (χ1n) is 6.17. The lowest BCUT2D eigenvalue weighted by atomic mass is 10.2. The first-order valence-corrected chi connectivity index (χ1v) is 6.55. The Labute approximate surface area is 112 Å². The van der Waals surface area contributed by atoms with Gasteiger partial charge in [0.2, 0.25) is 0 Å². The summed E-state index contributed by atoms with van der Waals surface area (Å²) in [6, 6.07) is 7.71. The zero-order valence-electron chi connectivity index (χ0n) is 10.4. The molecule has 0 spiro atoms. The van der Waals surface area contributed by atoms with E-state index >= 15 is 0 Å². The topological polar surface area (TPSA) is 34.1 Å². The Morgan fingerprint density at radius 1 is 1.28 bits per heavy atom. The van der Waals surface area contributed by atoms with Gasteiger partial charge in [0.05, 0.1) is 22.8 Å². The quantitative estimate of drug-likeness (QED) is 0.808. The summed E-state index contributed by atoms with van der Waals surface area (Å²) in [4.78, 5) is 4.37. The van der Waals surface area contributed by atoms with Crippen LogP contribution in [-0.2, 0) is 4.74 Å². The average Bonchev–Trinajstić information content (AvgIpc) is 2.41. The number of ether oxygens (including phenoxy) is 1. The Hall–Kier alpha value is -1.32. The van der Waals surface area contributed by atoms with Crippen LogP contribution >= 0.6 is 11.6 Å². The summed E-state index contributed by atoms with van der Waals surface area (Å²) in [7, 11) is 0. The van der Waals surface area contributed by atoms with E-state index in [0.29, 0.717) is 6.61 Å². The fourth-order valence-corrected chi connectivity index (χ4v) is 2.00. The van der Waals surface area contributed by atoms with Crippen molar-refractivity contribution in [3.63, 3.8) is 0 Å². The minimum Gasteiger partial charge on any atom is -0.381 e. The summed E-state index contributed by atoms with van der Waals surface area (Å²) in [5.41, 5.74) is 1.90. The van der Waals surface area contributed by atoms with Crippen LogP contribution in [-0.4, -0.2) is 24.7 Å². The third-order valence-electron chi connectivity index (χ3n) is 2.63. The average molecular weight is 265 g/mol. The van der Waals surface area contributed by atoms with Crippen LogP contribution in [0.3, 0.4) is 0 Å². The van der Waals surface area contributed by atoms with Gasteiger partial charge in [-0.1, -0.05) is 18.5 Å². The SMILES string of the molecule is CCCOCCNc1ccc(Cl)c2cccnc12. The summed E-state index contributed by atoms with van der Waals surface area (Å²) in [5.74, 6) is 0. The molecule has 0 aliphatic carbocycles. The predicted octanol–water partition coefficient (Wildman–Crippen LogP) is 3.73. The summed E-state index contributed by atoms with van der Waals surface area (Å²) >= 11 is 6.14. The van der Waals surface area contributed by atoms with E-state index in [1.165, 1.54) is 0 Å². The van der Waals surface area contributed by atoms with Gasteiger partial charge in [0.1, 0.15) is 0 Å². The summed E-state index contributed by atoms with van der Waals surface area (Å²) < 4.78 is 5.43. The van der Waals surface area contributed by atoms with Crippen molar-refractivity contribution >= 4 is 28.2 Å². The van der Waals surface area contributed by atoms with Crippen molar-refractivity contribution in [1.82, 2.24) is 4.98 Å². The molecule has 0 radical (unpaired) electrons. The highest BCUT2D eigenvalue weighted by Gasteiger charge is 2.04. The van der Waals surface area contributed by atoms with Crippen molar-refractivity contribution in [2.45, 2.75) is 13.3 Å². The number of benzene rings is 1. The molecule has 0 bridgehead atoms. The Balaban J connectivity index is 2.07. The number of aromatic nitrogens is 1. The number of nitrogens with one attached hydrogen (secondary N) is 1. The van der Waals surface area contributed by atoms with Crippen LogP contribution in [0.1, 0.15) is 13.3 Å². The van der Waals surface area contributed by atoms with Gasteiger partial charge in [0.25, 0.3) is 0 Å². The van der Waals surface area contributed by atoms with E-state index in [2.05, 4.69) is 17.2 Å². The molecule has 0 atom stereocenters. The van der Waals surface area contributed by atoms with Gasteiger partial charge in [-0.15, -0.1) is 0 Å². The second kappa shape index (κ2) is 6.57. The lowest BCUT2D eigenvalue weighted by molar-refractivity contribution is 0.144. The number of nitrogens with zero attached hydrogens (tertiary/aromatic N) is 1. The first kappa shape index (κ1) is 13.1. The molecule has 0 fully saturated rings. The molecular formula is C14H17ClN2O. The van der Waals surface area contributed by atoms with Crippen molar-refractivity contribution in [2.75, 3.05) is 25.1 Å². The second-order valence-corrected chi connectivity index (χ2v) is 4.44. The van der Waals surface area contributed by atoms with Gasteiger partial charge in [-0.3, -0.25) is 4.98 Å². The van der Waals surface area contributed by atoms with E-state index in [-0.39, 0.29) is 0 Å². The number of rotatable bonds is 6. The van der Waals surface area contributed by atoms with Crippen LogP contribution in [0.5, 0.6) is 0 Å². The summed E-state index contributed by atoms with van der Waals surface area (Å²) in [5, 5.41) is 5.03. The zero-order chi connectivity index (χ0) is 12.8. The molecule has 96 valence electrons. The molecule has 0 unspecified atom stereocenters. The first-order chi connectivity index (χ1) is 8.83. The van der Waals surface area contributed by atoms with E-state index in [1.54, 1.807) is 6.20 Å². The third kappa shape index (κ3) is 3.12. The maximum atomic E-state index is 6.14. The van der Waals surface area contributed by atoms with Crippen LogP contribution in [0.4, 0.5) is 5.69 Å². The molecule has 0 aliphatic rings. The minimum absolute atomic E-state index is 0.699. The Kier molecular flexibility index (Phi) is 4.79. The number of hydrogen-bond acceptors (Lipinski definition) is 3. The summed E-state index contributed by atoms with van der Waals surface area (Å²) in [6.45, 7) is 4.38. The molecule has 1 aromatic heterocycles. The Morgan fingerprint density at radius 2 is 2.17 bits per heavy atom. The molecule has 3 nitrogen and oxygen atoms in total. The molecule has 0 aliphatic heterocycles. The number of fused-ring (bicyclic) bond motifs is 1. The molecule has 1 N–H and O–H groups in total. The van der Waals surface area contributed by atoms with Gasteiger partial charge in [-0.25, -0.2) is 0 Å². The van der Waals surface area contributed by atoms with Crippen LogP contribution in [0.25, 0.3) is 10.9 Å². The molecule has 1 heterocycles. The lowest BCUT2D eigenvalue weighted by Crippen LogP contribution is -2.10. The van der Waals surface area contributed by atoms with Crippen LogP contribution in [0.15, 0.2) is 30.5 Å². The molecule has 2 aromatic rings. The van der Waals surface area contributed by atoms with E-state index in [0.717, 1.165) is 41.2 Å². The van der Waals surface area contributed by atoms with Gasteiger partial charge in [0, 0.05) is 24.7 Å². The number of hydrogen-bond donors (Lipinski definition) is 1. The van der Waals surface area contributed by atoms with Crippen LogP contribution in [0, 0.1) is 0 Å². The predicted molar refractivity (Wildman–Crippen MR) is 76.4 cm³/mol. The molecule has 1 aromatic carbocycles. The van der Waals surface area contributed by atoms with Gasteiger partial charge in [0.15, 0.2) is 0 Å². The molecule has 4 heteroatoms. The Bertz CT molecular complexity index is 516. The third-order valence-corrected chi connectivity index (χ3v) is 2.96. The number of pyridine rings is 1.